The molecule has 1 amide bonds. The van der Waals surface area contributed by atoms with Crippen molar-refractivity contribution in [3.63, 3.8) is 0 Å². The van der Waals surface area contributed by atoms with Gasteiger partial charge in [0.15, 0.2) is 9.84 Å². The van der Waals surface area contributed by atoms with Crippen LogP contribution in [0.15, 0.2) is 29.7 Å². The molecule has 1 aromatic rings. The Morgan fingerprint density at radius 3 is 2.32 bits per heavy atom. The standard InChI is InChI=1S/C14H14Cl3NO3S/c1-9-3-4-11(7-10(9)2)18(13(19)14(15,16)17)12-5-6-22(20,21)8-12/h3-7,12H,8H2,1-2H3. The fourth-order valence-electron chi connectivity index (χ4n) is 2.19. The van der Waals surface area contributed by atoms with Crippen molar-refractivity contribution in [3.05, 3.63) is 40.8 Å². The second-order valence-electron chi connectivity index (χ2n) is 5.17. The Balaban J connectivity index is 2.49. The van der Waals surface area contributed by atoms with Gasteiger partial charge in [-0.3, -0.25) is 4.79 Å². The zero-order chi connectivity index (χ0) is 16.7. The number of amides is 1. The molecule has 4 nitrogen and oxygen atoms in total. The summed E-state index contributed by atoms with van der Waals surface area (Å²) in [7, 11) is -3.35. The quantitative estimate of drug-likeness (QED) is 0.737. The number of carbonyl (C=O) groups excluding carboxylic acids is 1. The zero-order valence-electron chi connectivity index (χ0n) is 11.9. The minimum absolute atomic E-state index is 0.230. The van der Waals surface area contributed by atoms with Crippen LogP contribution in [0.5, 0.6) is 0 Å². The molecule has 0 spiro atoms. The van der Waals surface area contributed by atoms with Crippen LogP contribution in [0.2, 0.25) is 0 Å². The van der Waals surface area contributed by atoms with Gasteiger partial charge in [-0.15, -0.1) is 0 Å². The first-order valence-electron chi connectivity index (χ1n) is 6.40. The lowest BCUT2D eigenvalue weighted by atomic mass is 10.1. The summed E-state index contributed by atoms with van der Waals surface area (Å²) in [6, 6.07) is 4.60. The zero-order valence-corrected chi connectivity index (χ0v) is 15.0. The minimum Gasteiger partial charge on any atom is -0.301 e. The third-order valence-electron chi connectivity index (χ3n) is 3.47. The summed E-state index contributed by atoms with van der Waals surface area (Å²) in [4.78, 5) is 13.7. The highest BCUT2D eigenvalue weighted by Crippen LogP contribution is 2.34. The first kappa shape index (κ1) is 17.6. The second-order valence-corrected chi connectivity index (χ2v) is 9.38. The van der Waals surface area contributed by atoms with Gasteiger partial charge in [-0.05, 0) is 43.2 Å². The lowest BCUT2D eigenvalue weighted by Crippen LogP contribution is -2.46. The summed E-state index contributed by atoms with van der Waals surface area (Å²) in [5.41, 5.74) is 2.48. The van der Waals surface area contributed by atoms with E-state index in [0.29, 0.717) is 5.69 Å². The Morgan fingerprint density at radius 2 is 1.86 bits per heavy atom. The van der Waals surface area contributed by atoms with Crippen LogP contribution in [-0.2, 0) is 14.6 Å². The Morgan fingerprint density at radius 1 is 1.23 bits per heavy atom. The first-order chi connectivity index (χ1) is 10.0. The van der Waals surface area contributed by atoms with E-state index in [2.05, 4.69) is 0 Å². The van der Waals surface area contributed by atoms with E-state index in [-0.39, 0.29) is 5.75 Å². The van der Waals surface area contributed by atoms with E-state index in [4.69, 9.17) is 34.8 Å². The maximum Gasteiger partial charge on any atom is 0.279 e. The first-order valence-corrected chi connectivity index (χ1v) is 9.25. The van der Waals surface area contributed by atoms with Gasteiger partial charge in [0.1, 0.15) is 0 Å². The van der Waals surface area contributed by atoms with Gasteiger partial charge in [-0.2, -0.15) is 0 Å². The SMILES string of the molecule is Cc1ccc(N(C(=O)C(Cl)(Cl)Cl)C2C=CS(=O)(=O)C2)cc1C. The van der Waals surface area contributed by atoms with E-state index in [1.165, 1.54) is 11.0 Å². The van der Waals surface area contributed by atoms with Crippen LogP contribution < -0.4 is 4.90 Å². The molecule has 2 rings (SSSR count). The van der Waals surface area contributed by atoms with E-state index in [0.717, 1.165) is 16.5 Å². The van der Waals surface area contributed by atoms with Crippen molar-refractivity contribution < 1.29 is 13.2 Å². The lowest BCUT2D eigenvalue weighted by Gasteiger charge is -2.30. The van der Waals surface area contributed by atoms with Gasteiger partial charge in [-0.25, -0.2) is 8.42 Å². The molecule has 0 fully saturated rings. The molecule has 0 aliphatic carbocycles. The molecule has 1 heterocycles. The van der Waals surface area contributed by atoms with E-state index < -0.39 is 25.6 Å². The predicted molar refractivity (Wildman–Crippen MR) is 90.4 cm³/mol. The molecule has 0 aromatic heterocycles. The number of hydrogen-bond donors (Lipinski definition) is 0. The lowest BCUT2D eigenvalue weighted by molar-refractivity contribution is -0.118. The number of anilines is 1. The largest absolute Gasteiger partial charge is 0.301 e. The Labute approximate surface area is 144 Å². The van der Waals surface area contributed by atoms with Gasteiger partial charge in [0.25, 0.3) is 9.70 Å². The smallest absolute Gasteiger partial charge is 0.279 e. The summed E-state index contributed by atoms with van der Waals surface area (Å²) in [6.45, 7) is 3.82. The number of alkyl halides is 3. The fourth-order valence-corrected chi connectivity index (χ4v) is 3.73. The molecule has 8 heteroatoms. The van der Waals surface area contributed by atoms with Gasteiger partial charge in [-0.1, -0.05) is 40.9 Å². The summed E-state index contributed by atoms with van der Waals surface area (Å²) in [5, 5.41) is 1.08. The molecule has 22 heavy (non-hydrogen) atoms. The van der Waals surface area contributed by atoms with Crippen LogP contribution in [0.1, 0.15) is 11.1 Å². The third kappa shape index (κ3) is 3.77. The molecule has 0 bridgehead atoms. The fraction of sp³-hybridized carbons (Fsp3) is 0.357. The monoisotopic (exact) mass is 381 g/mol. The maximum atomic E-state index is 12.5. The average molecular weight is 383 g/mol. The average Bonchev–Trinajstić information content (AvgIpc) is 2.73. The Hall–Kier alpha value is -0.750. The number of rotatable bonds is 2. The van der Waals surface area contributed by atoms with Gasteiger partial charge >= 0.3 is 0 Å². The molecule has 1 atom stereocenters. The highest BCUT2D eigenvalue weighted by Gasteiger charge is 2.41. The molecular formula is C14H14Cl3NO3S. The molecule has 0 N–H and O–H groups in total. The van der Waals surface area contributed by atoms with Gasteiger partial charge < -0.3 is 4.90 Å². The van der Waals surface area contributed by atoms with Crippen molar-refractivity contribution >= 4 is 56.2 Å². The minimum atomic E-state index is -3.35. The highest BCUT2D eigenvalue weighted by atomic mass is 35.6. The van der Waals surface area contributed by atoms with Crippen LogP contribution in [0.3, 0.4) is 0 Å². The van der Waals surface area contributed by atoms with E-state index >= 15 is 0 Å². The molecule has 1 unspecified atom stereocenters. The van der Waals surface area contributed by atoms with E-state index in [1.807, 2.05) is 19.9 Å². The summed E-state index contributed by atoms with van der Waals surface area (Å²) in [5.74, 6) is -1.01. The van der Waals surface area contributed by atoms with Gasteiger partial charge in [0.05, 0.1) is 11.8 Å². The second kappa shape index (κ2) is 6.04. The van der Waals surface area contributed by atoms with E-state index in [1.54, 1.807) is 12.1 Å². The topological polar surface area (TPSA) is 54.5 Å². The normalized spacial score (nSPS) is 20.1. The molecule has 0 radical (unpaired) electrons. The molecule has 1 aliphatic heterocycles. The van der Waals surface area contributed by atoms with Crippen molar-refractivity contribution in [3.8, 4) is 0 Å². The van der Waals surface area contributed by atoms with Crippen molar-refractivity contribution in [2.45, 2.75) is 23.7 Å². The molecule has 120 valence electrons. The van der Waals surface area contributed by atoms with Crippen LogP contribution in [0, 0.1) is 13.8 Å². The highest BCUT2D eigenvalue weighted by molar-refractivity contribution is 7.94. The van der Waals surface area contributed by atoms with Crippen molar-refractivity contribution in [1.29, 1.82) is 0 Å². The number of sulfone groups is 1. The molecular weight excluding hydrogens is 369 g/mol. The summed E-state index contributed by atoms with van der Waals surface area (Å²) < 4.78 is 21.1. The number of halogens is 3. The van der Waals surface area contributed by atoms with E-state index in [9.17, 15) is 13.2 Å². The third-order valence-corrected chi connectivity index (χ3v) is 5.34. The predicted octanol–water partition coefficient (Wildman–Crippen LogP) is 3.32. The maximum absolute atomic E-state index is 12.5. The van der Waals surface area contributed by atoms with Crippen molar-refractivity contribution in [1.82, 2.24) is 0 Å². The number of nitrogens with zero attached hydrogens (tertiary/aromatic N) is 1. The van der Waals surface area contributed by atoms with Crippen molar-refractivity contribution in [2.24, 2.45) is 0 Å². The van der Waals surface area contributed by atoms with Crippen LogP contribution >= 0.6 is 34.8 Å². The summed E-state index contributed by atoms with van der Waals surface area (Å²) >= 11 is 17.1. The van der Waals surface area contributed by atoms with Crippen LogP contribution in [0.4, 0.5) is 5.69 Å². The Bertz CT molecular complexity index is 738. The van der Waals surface area contributed by atoms with Crippen LogP contribution in [-0.4, -0.2) is 29.9 Å². The number of hydrogen-bond acceptors (Lipinski definition) is 3. The van der Waals surface area contributed by atoms with Gasteiger partial charge in [0, 0.05) is 11.1 Å². The van der Waals surface area contributed by atoms with Crippen LogP contribution in [0.25, 0.3) is 0 Å². The molecule has 1 aliphatic rings. The molecule has 1 aromatic carbocycles. The Kier molecular flexibility index (Phi) is 4.83. The number of aryl methyl sites for hydroxylation is 2. The number of benzene rings is 1. The number of carbonyl (C=O) groups is 1. The molecule has 0 saturated carbocycles. The summed E-state index contributed by atoms with van der Waals surface area (Å²) in [6.07, 6.45) is 1.43. The van der Waals surface area contributed by atoms with Crippen molar-refractivity contribution in [2.75, 3.05) is 10.7 Å². The molecule has 0 saturated heterocycles. The van der Waals surface area contributed by atoms with Gasteiger partial charge in [0.2, 0.25) is 0 Å².